The van der Waals surface area contributed by atoms with E-state index in [2.05, 4.69) is 0 Å². The Kier molecular flexibility index (Phi) is 4.45. The van der Waals surface area contributed by atoms with Crippen LogP contribution in [-0.2, 0) is 11.3 Å². The van der Waals surface area contributed by atoms with Crippen LogP contribution in [0.3, 0.4) is 0 Å². The lowest BCUT2D eigenvalue weighted by atomic mass is 10.2. The minimum absolute atomic E-state index is 0.134. The van der Waals surface area contributed by atoms with E-state index in [0.29, 0.717) is 18.7 Å². The Balaban J connectivity index is 2.96. The van der Waals surface area contributed by atoms with Crippen molar-refractivity contribution in [1.82, 2.24) is 4.57 Å². The summed E-state index contributed by atoms with van der Waals surface area (Å²) >= 11 is 0. The van der Waals surface area contributed by atoms with Crippen LogP contribution in [0.2, 0.25) is 0 Å². The topological polar surface area (TPSA) is 68.5 Å². The predicted octanol–water partition coefficient (Wildman–Crippen LogP) is 1.67. The molecule has 0 bridgehead atoms. The fourth-order valence-electron chi connectivity index (χ4n) is 1.71. The summed E-state index contributed by atoms with van der Waals surface area (Å²) in [5, 5.41) is 9.04. The number of aromatic carboxylic acids is 1. The Morgan fingerprint density at radius 1 is 1.53 bits per heavy atom. The third kappa shape index (κ3) is 3.42. The van der Waals surface area contributed by atoms with Gasteiger partial charge in [0.05, 0.1) is 6.61 Å². The van der Waals surface area contributed by atoms with Crippen LogP contribution in [-0.4, -0.2) is 35.1 Å². The zero-order valence-electron chi connectivity index (χ0n) is 10.3. The van der Waals surface area contributed by atoms with Gasteiger partial charge in [-0.15, -0.1) is 0 Å². The van der Waals surface area contributed by atoms with E-state index in [1.165, 1.54) is 13.0 Å². The molecule has 0 aliphatic carbocycles. The molecule has 1 N–H and O–H groups in total. The van der Waals surface area contributed by atoms with E-state index >= 15 is 0 Å². The van der Waals surface area contributed by atoms with Gasteiger partial charge in [0.15, 0.2) is 5.78 Å². The molecule has 0 amide bonds. The van der Waals surface area contributed by atoms with Crippen LogP contribution in [0, 0.1) is 5.92 Å². The predicted molar refractivity (Wildman–Crippen MR) is 62.4 cm³/mol. The van der Waals surface area contributed by atoms with Gasteiger partial charge in [0.2, 0.25) is 0 Å². The molecule has 1 aromatic heterocycles. The summed E-state index contributed by atoms with van der Waals surface area (Å²) in [6.07, 6.45) is 1.58. The molecule has 1 heterocycles. The number of ether oxygens (including phenoxy) is 1. The van der Waals surface area contributed by atoms with Crippen molar-refractivity contribution >= 4 is 11.8 Å². The number of carbonyl (C=O) groups is 2. The second-order valence-electron chi connectivity index (χ2n) is 4.19. The maximum Gasteiger partial charge on any atom is 0.352 e. The van der Waals surface area contributed by atoms with Gasteiger partial charge in [-0.1, -0.05) is 6.92 Å². The van der Waals surface area contributed by atoms with Crippen molar-refractivity contribution in [3.8, 4) is 0 Å². The second-order valence-corrected chi connectivity index (χ2v) is 4.19. The fourth-order valence-corrected chi connectivity index (χ4v) is 1.71. The first-order valence-electron chi connectivity index (χ1n) is 5.39. The van der Waals surface area contributed by atoms with Crippen molar-refractivity contribution in [2.45, 2.75) is 20.4 Å². The molecule has 1 aromatic rings. The standard InChI is InChI=1S/C12H17NO4/c1-8(7-17-3)5-13-6-10(9(2)14)4-11(13)12(15)16/h4,6,8H,5,7H2,1-3H3,(H,15,16). The zero-order chi connectivity index (χ0) is 13.0. The largest absolute Gasteiger partial charge is 0.477 e. The summed E-state index contributed by atoms with van der Waals surface area (Å²) < 4.78 is 6.59. The smallest absolute Gasteiger partial charge is 0.352 e. The number of nitrogens with zero attached hydrogens (tertiary/aromatic N) is 1. The average Bonchev–Trinajstić information content (AvgIpc) is 2.62. The van der Waals surface area contributed by atoms with Crippen molar-refractivity contribution in [3.63, 3.8) is 0 Å². The molecule has 1 rings (SSSR count). The van der Waals surface area contributed by atoms with Crippen molar-refractivity contribution in [3.05, 3.63) is 23.5 Å². The highest BCUT2D eigenvalue weighted by atomic mass is 16.5. The van der Waals surface area contributed by atoms with Crippen molar-refractivity contribution in [2.24, 2.45) is 5.92 Å². The highest BCUT2D eigenvalue weighted by Gasteiger charge is 2.16. The number of ketones is 1. The number of methoxy groups -OCH3 is 1. The van der Waals surface area contributed by atoms with Gasteiger partial charge in [-0.2, -0.15) is 0 Å². The lowest BCUT2D eigenvalue weighted by molar-refractivity contribution is 0.0681. The van der Waals surface area contributed by atoms with E-state index in [1.54, 1.807) is 17.9 Å². The normalized spacial score (nSPS) is 12.4. The van der Waals surface area contributed by atoms with E-state index in [4.69, 9.17) is 9.84 Å². The van der Waals surface area contributed by atoms with Gasteiger partial charge in [-0.25, -0.2) is 4.79 Å². The minimum Gasteiger partial charge on any atom is -0.477 e. The number of rotatable bonds is 6. The lowest BCUT2D eigenvalue weighted by Gasteiger charge is -2.12. The van der Waals surface area contributed by atoms with Crippen LogP contribution >= 0.6 is 0 Å². The van der Waals surface area contributed by atoms with Crippen LogP contribution in [0.1, 0.15) is 34.7 Å². The van der Waals surface area contributed by atoms with E-state index in [-0.39, 0.29) is 17.4 Å². The van der Waals surface area contributed by atoms with E-state index < -0.39 is 5.97 Å². The number of aromatic nitrogens is 1. The Hall–Kier alpha value is -1.62. The summed E-state index contributed by atoms with van der Waals surface area (Å²) in [5.74, 6) is -0.974. The molecule has 94 valence electrons. The summed E-state index contributed by atoms with van der Waals surface area (Å²) in [4.78, 5) is 22.2. The maximum atomic E-state index is 11.2. The van der Waals surface area contributed by atoms with Gasteiger partial charge in [0.25, 0.3) is 0 Å². The molecule has 17 heavy (non-hydrogen) atoms. The van der Waals surface area contributed by atoms with Crippen molar-refractivity contribution in [2.75, 3.05) is 13.7 Å². The monoisotopic (exact) mass is 239 g/mol. The molecular weight excluding hydrogens is 222 g/mol. The maximum absolute atomic E-state index is 11.2. The highest BCUT2D eigenvalue weighted by molar-refractivity contribution is 5.97. The number of Topliss-reactive ketones (excluding diaryl/α,β-unsaturated/α-hetero) is 1. The van der Waals surface area contributed by atoms with Crippen molar-refractivity contribution in [1.29, 1.82) is 0 Å². The third-order valence-corrected chi connectivity index (χ3v) is 2.48. The van der Waals surface area contributed by atoms with Crippen LogP contribution in [0.4, 0.5) is 0 Å². The molecule has 0 aromatic carbocycles. The molecule has 0 aliphatic rings. The Labute approximate surface area is 100 Å². The number of carboxylic acids is 1. The van der Waals surface area contributed by atoms with Crippen LogP contribution < -0.4 is 0 Å². The first kappa shape index (κ1) is 13.4. The Morgan fingerprint density at radius 3 is 2.65 bits per heavy atom. The molecule has 0 radical (unpaired) electrons. The quantitative estimate of drug-likeness (QED) is 0.767. The van der Waals surface area contributed by atoms with E-state index in [9.17, 15) is 9.59 Å². The first-order chi connectivity index (χ1) is 7.95. The lowest BCUT2D eigenvalue weighted by Crippen LogP contribution is -2.15. The summed E-state index contributed by atoms with van der Waals surface area (Å²) in [7, 11) is 1.60. The average molecular weight is 239 g/mol. The molecule has 1 unspecified atom stereocenters. The number of carbonyl (C=O) groups excluding carboxylic acids is 1. The number of carboxylic acid groups (broad SMARTS) is 1. The van der Waals surface area contributed by atoms with Crippen LogP contribution in [0.25, 0.3) is 0 Å². The van der Waals surface area contributed by atoms with Gasteiger partial charge in [-0.3, -0.25) is 4.79 Å². The third-order valence-electron chi connectivity index (χ3n) is 2.48. The summed E-state index contributed by atoms with van der Waals surface area (Å²) in [6.45, 7) is 4.45. The van der Waals surface area contributed by atoms with Crippen molar-refractivity contribution < 1.29 is 19.4 Å². The molecule has 0 saturated heterocycles. The summed E-state index contributed by atoms with van der Waals surface area (Å²) in [6, 6.07) is 1.41. The van der Waals surface area contributed by atoms with E-state index in [0.717, 1.165) is 0 Å². The van der Waals surface area contributed by atoms with Gasteiger partial charge < -0.3 is 14.4 Å². The van der Waals surface area contributed by atoms with Gasteiger partial charge in [-0.05, 0) is 18.9 Å². The molecule has 0 fully saturated rings. The van der Waals surface area contributed by atoms with Gasteiger partial charge in [0, 0.05) is 25.4 Å². The van der Waals surface area contributed by atoms with Gasteiger partial charge >= 0.3 is 5.97 Å². The first-order valence-corrected chi connectivity index (χ1v) is 5.39. The SMILES string of the molecule is COCC(C)Cn1cc(C(C)=O)cc1C(=O)O. The molecule has 0 aliphatic heterocycles. The summed E-state index contributed by atoms with van der Waals surface area (Å²) in [5.41, 5.74) is 0.560. The molecule has 0 saturated carbocycles. The molecule has 0 spiro atoms. The zero-order valence-corrected chi connectivity index (χ0v) is 10.3. The second kappa shape index (κ2) is 5.63. The molecule has 5 heteroatoms. The van der Waals surface area contributed by atoms with Crippen LogP contribution in [0.5, 0.6) is 0 Å². The molecule has 1 atom stereocenters. The Bertz CT molecular complexity index is 422. The molecule has 5 nitrogen and oxygen atoms in total. The van der Waals surface area contributed by atoms with Crippen LogP contribution in [0.15, 0.2) is 12.3 Å². The molecular formula is C12H17NO4. The number of hydrogen-bond acceptors (Lipinski definition) is 3. The highest BCUT2D eigenvalue weighted by Crippen LogP contribution is 2.12. The van der Waals surface area contributed by atoms with E-state index in [1.807, 2.05) is 6.92 Å². The minimum atomic E-state index is -1.03. The fraction of sp³-hybridized carbons (Fsp3) is 0.500. The Morgan fingerprint density at radius 2 is 2.18 bits per heavy atom. The van der Waals surface area contributed by atoms with Gasteiger partial charge in [0.1, 0.15) is 5.69 Å². The number of hydrogen-bond donors (Lipinski definition) is 1.